The highest BCUT2D eigenvalue weighted by Crippen LogP contribution is 2.19. The lowest BCUT2D eigenvalue weighted by molar-refractivity contribution is -0.111. The minimum atomic E-state index is -0.203. The summed E-state index contributed by atoms with van der Waals surface area (Å²) >= 11 is 3.38. The molecule has 1 N–H and O–H groups in total. The zero-order valence-electron chi connectivity index (χ0n) is 12.8. The predicted molar refractivity (Wildman–Crippen MR) is 96.0 cm³/mol. The molecule has 1 heterocycles. The fraction of sp³-hybridized carbons (Fsp3) is 0.0588. The minimum Gasteiger partial charge on any atom is -0.322 e. The summed E-state index contributed by atoms with van der Waals surface area (Å²) in [6.07, 6.45) is 3.26. The zero-order chi connectivity index (χ0) is 16.9. The molecule has 3 rings (SSSR count). The summed E-state index contributed by atoms with van der Waals surface area (Å²) in [5, 5.41) is 14.2. The van der Waals surface area contributed by atoms with Crippen molar-refractivity contribution in [3.05, 3.63) is 64.6 Å². The SMILES string of the molecule is Cn1nnnc1-c1cccc(NC(=O)C=Cc2ccc(Br)cc2)c1. The number of halogens is 1. The third-order valence-electron chi connectivity index (χ3n) is 3.31. The largest absolute Gasteiger partial charge is 0.322 e. The molecule has 1 amide bonds. The lowest BCUT2D eigenvalue weighted by Crippen LogP contribution is -2.07. The lowest BCUT2D eigenvalue weighted by Gasteiger charge is -2.05. The van der Waals surface area contributed by atoms with Crippen LogP contribution in [-0.2, 0) is 11.8 Å². The van der Waals surface area contributed by atoms with Gasteiger partial charge in [-0.25, -0.2) is 4.68 Å². The van der Waals surface area contributed by atoms with Gasteiger partial charge in [-0.3, -0.25) is 4.79 Å². The smallest absolute Gasteiger partial charge is 0.248 e. The topological polar surface area (TPSA) is 72.7 Å². The molecule has 0 aliphatic carbocycles. The Morgan fingerprint density at radius 1 is 1.21 bits per heavy atom. The van der Waals surface area contributed by atoms with Gasteiger partial charge >= 0.3 is 0 Å². The molecule has 0 saturated heterocycles. The Labute approximate surface area is 147 Å². The van der Waals surface area contributed by atoms with Crippen LogP contribution >= 0.6 is 15.9 Å². The number of rotatable bonds is 4. The number of nitrogens with one attached hydrogen (secondary N) is 1. The molecule has 120 valence electrons. The molecule has 6 nitrogen and oxygen atoms in total. The number of amides is 1. The van der Waals surface area contributed by atoms with E-state index in [1.165, 1.54) is 6.08 Å². The third-order valence-corrected chi connectivity index (χ3v) is 3.83. The van der Waals surface area contributed by atoms with E-state index in [-0.39, 0.29) is 5.91 Å². The number of tetrazole rings is 1. The van der Waals surface area contributed by atoms with Crippen molar-refractivity contribution in [1.82, 2.24) is 20.2 Å². The second-order valence-electron chi connectivity index (χ2n) is 5.08. The zero-order valence-corrected chi connectivity index (χ0v) is 14.4. The maximum Gasteiger partial charge on any atom is 0.248 e. The van der Waals surface area contributed by atoms with Crippen LogP contribution in [0.25, 0.3) is 17.5 Å². The van der Waals surface area contributed by atoms with Gasteiger partial charge in [0.05, 0.1) is 0 Å². The number of hydrogen-bond acceptors (Lipinski definition) is 4. The average molecular weight is 384 g/mol. The van der Waals surface area contributed by atoms with Crippen LogP contribution in [0.4, 0.5) is 5.69 Å². The fourth-order valence-electron chi connectivity index (χ4n) is 2.14. The molecule has 0 unspecified atom stereocenters. The van der Waals surface area contributed by atoms with E-state index in [0.29, 0.717) is 11.5 Å². The fourth-order valence-corrected chi connectivity index (χ4v) is 2.40. The van der Waals surface area contributed by atoms with Gasteiger partial charge in [0.2, 0.25) is 5.91 Å². The molecule has 0 fully saturated rings. The summed E-state index contributed by atoms with van der Waals surface area (Å²) in [6, 6.07) is 15.1. The molecule has 7 heteroatoms. The van der Waals surface area contributed by atoms with E-state index in [4.69, 9.17) is 0 Å². The van der Waals surface area contributed by atoms with E-state index in [1.54, 1.807) is 17.8 Å². The molecule has 0 saturated carbocycles. The van der Waals surface area contributed by atoms with E-state index in [2.05, 4.69) is 36.8 Å². The second kappa shape index (κ2) is 7.18. The predicted octanol–water partition coefficient (Wildman–Crippen LogP) is 3.29. The number of carbonyl (C=O) groups excluding carboxylic acids is 1. The van der Waals surface area contributed by atoms with Gasteiger partial charge in [0.25, 0.3) is 0 Å². The molecule has 0 spiro atoms. The van der Waals surface area contributed by atoms with Gasteiger partial charge in [-0.1, -0.05) is 40.2 Å². The van der Waals surface area contributed by atoms with E-state index in [1.807, 2.05) is 48.5 Å². The maximum atomic E-state index is 12.1. The molecule has 24 heavy (non-hydrogen) atoms. The Morgan fingerprint density at radius 3 is 2.71 bits per heavy atom. The number of benzene rings is 2. The second-order valence-corrected chi connectivity index (χ2v) is 6.00. The molecular formula is C17H14BrN5O. The summed E-state index contributed by atoms with van der Waals surface area (Å²) in [6.45, 7) is 0. The summed E-state index contributed by atoms with van der Waals surface area (Å²) in [5.41, 5.74) is 2.46. The molecule has 1 aromatic heterocycles. The molecule has 0 atom stereocenters. The summed E-state index contributed by atoms with van der Waals surface area (Å²) in [5.74, 6) is 0.433. The number of anilines is 1. The molecule has 2 aromatic carbocycles. The summed E-state index contributed by atoms with van der Waals surface area (Å²) in [7, 11) is 1.77. The van der Waals surface area contributed by atoms with Gasteiger partial charge in [-0.2, -0.15) is 0 Å². The highest BCUT2D eigenvalue weighted by Gasteiger charge is 2.07. The molecule has 0 radical (unpaired) electrons. The van der Waals surface area contributed by atoms with Crippen molar-refractivity contribution in [3.8, 4) is 11.4 Å². The molecule has 0 aliphatic heterocycles. The Morgan fingerprint density at radius 2 is 2.00 bits per heavy atom. The van der Waals surface area contributed by atoms with Gasteiger partial charge in [0.1, 0.15) is 0 Å². The van der Waals surface area contributed by atoms with E-state index < -0.39 is 0 Å². The summed E-state index contributed by atoms with van der Waals surface area (Å²) in [4.78, 5) is 12.1. The van der Waals surface area contributed by atoms with Crippen LogP contribution < -0.4 is 5.32 Å². The standard InChI is InChI=1S/C17H14BrN5O/c1-23-17(20-21-22-23)13-3-2-4-15(11-13)19-16(24)10-7-12-5-8-14(18)9-6-12/h2-11H,1H3,(H,19,24). The van der Waals surface area contributed by atoms with Crippen molar-refractivity contribution in [1.29, 1.82) is 0 Å². The Kier molecular flexibility index (Phi) is 4.81. The van der Waals surface area contributed by atoms with Crippen LogP contribution in [0.15, 0.2) is 59.1 Å². The van der Waals surface area contributed by atoms with Crippen LogP contribution in [0.3, 0.4) is 0 Å². The number of hydrogen-bond donors (Lipinski definition) is 1. The minimum absolute atomic E-state index is 0.203. The van der Waals surface area contributed by atoms with Crippen molar-refractivity contribution >= 4 is 33.6 Å². The Hall–Kier alpha value is -2.80. The van der Waals surface area contributed by atoms with Crippen molar-refractivity contribution in [3.63, 3.8) is 0 Å². The molecular weight excluding hydrogens is 370 g/mol. The molecule has 3 aromatic rings. The van der Waals surface area contributed by atoms with Gasteiger partial charge in [-0.15, -0.1) is 5.10 Å². The van der Waals surface area contributed by atoms with E-state index in [0.717, 1.165) is 15.6 Å². The van der Waals surface area contributed by atoms with E-state index in [9.17, 15) is 4.79 Å². The van der Waals surface area contributed by atoms with Crippen molar-refractivity contribution in [2.45, 2.75) is 0 Å². The monoisotopic (exact) mass is 383 g/mol. The first-order valence-electron chi connectivity index (χ1n) is 7.19. The van der Waals surface area contributed by atoms with Crippen LogP contribution in [0.1, 0.15) is 5.56 Å². The normalized spacial score (nSPS) is 10.9. The van der Waals surface area contributed by atoms with Gasteiger partial charge in [-0.05, 0) is 46.3 Å². The molecule has 0 aliphatic rings. The van der Waals surface area contributed by atoms with Crippen molar-refractivity contribution in [2.24, 2.45) is 7.05 Å². The first-order chi connectivity index (χ1) is 11.6. The van der Waals surface area contributed by atoms with Crippen LogP contribution in [0.2, 0.25) is 0 Å². The van der Waals surface area contributed by atoms with Crippen LogP contribution in [0, 0.1) is 0 Å². The van der Waals surface area contributed by atoms with Gasteiger partial charge in [0.15, 0.2) is 5.82 Å². The maximum absolute atomic E-state index is 12.1. The van der Waals surface area contributed by atoms with Gasteiger partial charge < -0.3 is 5.32 Å². The highest BCUT2D eigenvalue weighted by molar-refractivity contribution is 9.10. The van der Waals surface area contributed by atoms with Crippen molar-refractivity contribution in [2.75, 3.05) is 5.32 Å². The first kappa shape index (κ1) is 16.1. The van der Waals surface area contributed by atoms with Crippen LogP contribution in [-0.4, -0.2) is 26.1 Å². The Bertz CT molecular complexity index is 886. The first-order valence-corrected chi connectivity index (χ1v) is 7.98. The summed E-state index contributed by atoms with van der Waals surface area (Å²) < 4.78 is 2.58. The van der Waals surface area contributed by atoms with Crippen LogP contribution in [0.5, 0.6) is 0 Å². The quantitative estimate of drug-likeness (QED) is 0.701. The average Bonchev–Trinajstić information content (AvgIpc) is 3.01. The van der Waals surface area contributed by atoms with Crippen molar-refractivity contribution < 1.29 is 4.79 Å². The number of aromatic nitrogens is 4. The molecule has 0 bridgehead atoms. The number of aryl methyl sites for hydroxylation is 1. The van der Waals surface area contributed by atoms with Gasteiger partial charge in [0, 0.05) is 28.8 Å². The number of carbonyl (C=O) groups is 1. The Balaban J connectivity index is 1.70. The highest BCUT2D eigenvalue weighted by atomic mass is 79.9. The van der Waals surface area contributed by atoms with E-state index >= 15 is 0 Å². The third kappa shape index (κ3) is 3.94. The number of nitrogens with zero attached hydrogens (tertiary/aromatic N) is 4. The lowest BCUT2D eigenvalue weighted by atomic mass is 10.2.